The molecule has 3 fully saturated rings. The summed E-state index contributed by atoms with van der Waals surface area (Å²) < 4.78 is 0. The molecule has 4 aliphatic rings. The van der Waals surface area contributed by atoms with Gasteiger partial charge in [0.05, 0.1) is 6.10 Å². The highest BCUT2D eigenvalue weighted by atomic mass is 79.9. The Labute approximate surface area is 148 Å². The van der Waals surface area contributed by atoms with Gasteiger partial charge in [-0.25, -0.2) is 0 Å². The molecule has 0 amide bonds. The van der Waals surface area contributed by atoms with E-state index in [0.29, 0.717) is 28.4 Å². The predicted molar refractivity (Wildman–Crippen MR) is 95.4 cm³/mol. The van der Waals surface area contributed by atoms with Crippen LogP contribution < -0.4 is 0 Å². The van der Waals surface area contributed by atoms with E-state index >= 15 is 0 Å². The van der Waals surface area contributed by atoms with Gasteiger partial charge in [0.1, 0.15) is 0 Å². The number of ketones is 1. The zero-order valence-electron chi connectivity index (χ0n) is 14.6. The van der Waals surface area contributed by atoms with Gasteiger partial charge in [0.25, 0.3) is 0 Å². The Morgan fingerprint density at radius 2 is 1.87 bits per heavy atom. The Balaban J connectivity index is 1.76. The molecule has 0 aliphatic heterocycles. The van der Waals surface area contributed by atoms with Crippen LogP contribution in [0.4, 0.5) is 0 Å². The molecule has 0 saturated heterocycles. The maximum absolute atomic E-state index is 12.3. The number of Topliss-reactive ketones (excluding diaryl/α,β-unsaturated/α-hetero) is 1. The highest BCUT2D eigenvalue weighted by Gasteiger charge is 2.60. The topological polar surface area (TPSA) is 37.3 Å². The first-order valence-corrected chi connectivity index (χ1v) is 10.3. The van der Waals surface area contributed by atoms with E-state index in [4.69, 9.17) is 0 Å². The molecule has 4 rings (SSSR count). The minimum absolute atomic E-state index is 0.110. The third-order valence-electron chi connectivity index (χ3n) is 8.31. The third-order valence-corrected chi connectivity index (χ3v) is 9.14. The van der Waals surface area contributed by atoms with E-state index in [1.54, 1.807) is 0 Å². The smallest absolute Gasteiger partial charge is 0.158 e. The molecule has 23 heavy (non-hydrogen) atoms. The molecule has 0 radical (unpaired) electrons. The standard InChI is InChI=1S/C20H29BrO2/c1-11-16(22)7-9-20(3)14-6-8-19(2)13(4-5-17(19)23)12(14)10-15(21)18(11)20/h12-15,17,23H,4-10H2,1-3H3/t12-,13-,14-,15+,17?,19-,20+/m0/s1. The van der Waals surface area contributed by atoms with Crippen molar-refractivity contribution in [2.24, 2.45) is 28.6 Å². The van der Waals surface area contributed by atoms with Crippen molar-refractivity contribution in [2.45, 2.75) is 76.6 Å². The van der Waals surface area contributed by atoms with Gasteiger partial charge in [-0.15, -0.1) is 0 Å². The van der Waals surface area contributed by atoms with Gasteiger partial charge in [0.15, 0.2) is 5.78 Å². The fraction of sp³-hybridized carbons (Fsp3) is 0.850. The van der Waals surface area contributed by atoms with Crippen LogP contribution in [0, 0.1) is 28.6 Å². The van der Waals surface area contributed by atoms with E-state index in [0.717, 1.165) is 37.7 Å². The second kappa shape index (κ2) is 5.17. The molecule has 3 heteroatoms. The number of halogens is 1. The van der Waals surface area contributed by atoms with Crippen molar-refractivity contribution in [1.29, 1.82) is 0 Å². The van der Waals surface area contributed by atoms with Gasteiger partial charge in [-0.2, -0.15) is 0 Å². The van der Waals surface area contributed by atoms with Crippen LogP contribution in [-0.2, 0) is 4.79 Å². The van der Waals surface area contributed by atoms with E-state index in [1.807, 2.05) is 0 Å². The van der Waals surface area contributed by atoms with Gasteiger partial charge in [-0.3, -0.25) is 4.79 Å². The molecule has 4 aliphatic carbocycles. The van der Waals surface area contributed by atoms with Crippen molar-refractivity contribution in [2.75, 3.05) is 0 Å². The Morgan fingerprint density at radius 1 is 1.13 bits per heavy atom. The fourth-order valence-corrected chi connectivity index (χ4v) is 8.29. The first kappa shape index (κ1) is 16.3. The minimum atomic E-state index is -0.110. The SMILES string of the molecule is CC1=C2[C@H](Br)C[C@@H]3[C@H](CC[C@]4(C)C(O)CC[C@@H]34)[C@@]2(C)CCC1=O. The van der Waals surface area contributed by atoms with Gasteiger partial charge in [0.2, 0.25) is 0 Å². The van der Waals surface area contributed by atoms with Crippen molar-refractivity contribution in [3.05, 3.63) is 11.1 Å². The lowest BCUT2D eigenvalue weighted by Crippen LogP contribution is -2.54. The highest BCUT2D eigenvalue weighted by Crippen LogP contribution is 2.66. The van der Waals surface area contributed by atoms with Crippen molar-refractivity contribution in [3.8, 4) is 0 Å². The number of rotatable bonds is 0. The zero-order valence-corrected chi connectivity index (χ0v) is 16.2. The maximum Gasteiger partial charge on any atom is 0.158 e. The molecule has 2 nitrogen and oxygen atoms in total. The lowest BCUT2D eigenvalue weighted by molar-refractivity contribution is -0.119. The normalized spacial score (nSPS) is 52.9. The molecule has 0 aromatic carbocycles. The van der Waals surface area contributed by atoms with Crippen molar-refractivity contribution in [3.63, 3.8) is 0 Å². The van der Waals surface area contributed by atoms with Crippen LogP contribution in [0.5, 0.6) is 0 Å². The summed E-state index contributed by atoms with van der Waals surface area (Å²) in [5.74, 6) is 2.41. The third kappa shape index (κ3) is 2.05. The molecule has 0 aromatic heterocycles. The lowest BCUT2D eigenvalue weighted by atomic mass is 9.47. The Kier molecular flexibility index (Phi) is 3.67. The molecule has 1 unspecified atom stereocenters. The second-order valence-corrected chi connectivity index (χ2v) is 10.2. The monoisotopic (exact) mass is 380 g/mol. The van der Waals surface area contributed by atoms with Crippen LogP contribution in [-0.4, -0.2) is 21.8 Å². The summed E-state index contributed by atoms with van der Waals surface area (Å²) in [6.07, 6.45) is 7.32. The molecule has 7 atom stereocenters. The van der Waals surface area contributed by atoms with E-state index in [9.17, 15) is 9.90 Å². The molecule has 0 aromatic rings. The highest BCUT2D eigenvalue weighted by molar-refractivity contribution is 9.09. The number of carbonyl (C=O) groups excluding carboxylic acids is 1. The molecule has 0 heterocycles. The summed E-state index contributed by atoms with van der Waals surface area (Å²) >= 11 is 3.95. The van der Waals surface area contributed by atoms with E-state index in [-0.39, 0.29) is 16.9 Å². The largest absolute Gasteiger partial charge is 0.393 e. The van der Waals surface area contributed by atoms with Crippen LogP contribution in [0.15, 0.2) is 11.1 Å². The fourth-order valence-electron chi connectivity index (χ4n) is 6.99. The Bertz CT molecular complexity index is 582. The number of aliphatic hydroxyl groups is 1. The Morgan fingerprint density at radius 3 is 2.61 bits per heavy atom. The summed E-state index contributed by atoms with van der Waals surface area (Å²) in [6.45, 7) is 6.81. The number of hydrogen-bond acceptors (Lipinski definition) is 2. The average Bonchev–Trinajstić information content (AvgIpc) is 2.79. The molecule has 3 saturated carbocycles. The number of alkyl halides is 1. The lowest BCUT2D eigenvalue weighted by Gasteiger charge is -2.59. The first-order valence-electron chi connectivity index (χ1n) is 9.35. The Hall–Kier alpha value is -0.150. The molecular formula is C20H29BrO2. The van der Waals surface area contributed by atoms with Crippen LogP contribution in [0.25, 0.3) is 0 Å². The molecular weight excluding hydrogens is 352 g/mol. The van der Waals surface area contributed by atoms with Crippen LogP contribution >= 0.6 is 15.9 Å². The number of allylic oxidation sites excluding steroid dienone is 1. The van der Waals surface area contributed by atoms with Crippen molar-refractivity contribution < 1.29 is 9.90 Å². The summed E-state index contributed by atoms with van der Waals surface area (Å²) in [6, 6.07) is 0. The van der Waals surface area contributed by atoms with Crippen LogP contribution in [0.3, 0.4) is 0 Å². The molecule has 1 N–H and O–H groups in total. The van der Waals surface area contributed by atoms with Gasteiger partial charge < -0.3 is 5.11 Å². The van der Waals surface area contributed by atoms with E-state index in [1.165, 1.54) is 18.4 Å². The number of carbonyl (C=O) groups is 1. The number of hydrogen-bond donors (Lipinski definition) is 1. The maximum atomic E-state index is 12.3. The molecule has 0 spiro atoms. The summed E-state index contributed by atoms with van der Waals surface area (Å²) in [5.41, 5.74) is 2.77. The quantitative estimate of drug-likeness (QED) is 0.621. The van der Waals surface area contributed by atoms with Gasteiger partial charge in [-0.1, -0.05) is 29.8 Å². The van der Waals surface area contributed by atoms with Crippen molar-refractivity contribution >= 4 is 21.7 Å². The van der Waals surface area contributed by atoms with E-state index in [2.05, 4.69) is 36.7 Å². The molecule has 128 valence electrons. The minimum Gasteiger partial charge on any atom is -0.393 e. The van der Waals surface area contributed by atoms with Gasteiger partial charge in [-0.05, 0) is 85.2 Å². The van der Waals surface area contributed by atoms with Crippen LogP contribution in [0.2, 0.25) is 0 Å². The molecule has 0 bridgehead atoms. The van der Waals surface area contributed by atoms with E-state index < -0.39 is 0 Å². The first-order chi connectivity index (χ1) is 10.8. The second-order valence-electron chi connectivity index (χ2n) is 9.10. The average molecular weight is 381 g/mol. The van der Waals surface area contributed by atoms with Gasteiger partial charge >= 0.3 is 0 Å². The number of aliphatic hydroxyl groups excluding tert-OH is 1. The number of fused-ring (bicyclic) bond motifs is 5. The van der Waals surface area contributed by atoms with Crippen molar-refractivity contribution in [1.82, 2.24) is 0 Å². The summed E-state index contributed by atoms with van der Waals surface area (Å²) in [5, 5.41) is 10.5. The van der Waals surface area contributed by atoms with Crippen LogP contribution in [0.1, 0.15) is 65.7 Å². The van der Waals surface area contributed by atoms with Gasteiger partial charge in [0, 0.05) is 11.2 Å². The predicted octanol–water partition coefficient (Wildman–Crippen LogP) is 4.64. The summed E-state index contributed by atoms with van der Waals surface area (Å²) in [7, 11) is 0. The zero-order chi connectivity index (χ0) is 16.6. The summed E-state index contributed by atoms with van der Waals surface area (Å²) in [4.78, 5) is 12.6.